The maximum atomic E-state index is 13.1. The Balaban J connectivity index is 2.08. The first kappa shape index (κ1) is 18.9. The van der Waals surface area contributed by atoms with Crippen LogP contribution in [0.5, 0.6) is 0 Å². The molecule has 0 atom stereocenters. The van der Waals surface area contributed by atoms with Crippen LogP contribution in [-0.2, 0) is 4.74 Å². The standard InChI is InChI=1S/C27H18N2O2/c1-15(2)14-31-27(30)21-11-10-17-7-8-18(12-28)23-20-5-3-4-16-6-9-19(13-29)25(22(16)20)26(21)24(17)23/h3-11,15H,14H2,1-2H3. The van der Waals surface area contributed by atoms with E-state index >= 15 is 0 Å². The van der Waals surface area contributed by atoms with Crippen molar-refractivity contribution in [3.8, 4) is 12.1 Å². The van der Waals surface area contributed by atoms with Crippen LogP contribution in [0.15, 0.2) is 54.6 Å². The van der Waals surface area contributed by atoms with Crippen molar-refractivity contribution in [3.05, 3.63) is 71.3 Å². The number of hydrogen-bond acceptors (Lipinski definition) is 4. The zero-order valence-electron chi connectivity index (χ0n) is 17.2. The van der Waals surface area contributed by atoms with E-state index in [1.807, 2.05) is 56.3 Å². The lowest BCUT2D eigenvalue weighted by Gasteiger charge is -2.18. The molecule has 0 aliphatic rings. The van der Waals surface area contributed by atoms with Crippen molar-refractivity contribution in [2.24, 2.45) is 5.92 Å². The van der Waals surface area contributed by atoms with Crippen LogP contribution in [0.25, 0.3) is 43.1 Å². The number of fused-ring (bicyclic) bond motifs is 2. The van der Waals surface area contributed by atoms with Gasteiger partial charge in [0, 0.05) is 16.2 Å². The molecule has 0 aromatic heterocycles. The normalized spacial score (nSPS) is 11.4. The Kier molecular flexibility index (Phi) is 4.24. The second-order valence-electron chi connectivity index (χ2n) is 8.18. The molecule has 0 N–H and O–H groups in total. The smallest absolute Gasteiger partial charge is 0.338 e. The molecular formula is C27H18N2O2. The van der Waals surface area contributed by atoms with Crippen molar-refractivity contribution < 1.29 is 9.53 Å². The Morgan fingerprint density at radius 3 is 2.13 bits per heavy atom. The molecule has 0 aliphatic carbocycles. The summed E-state index contributed by atoms with van der Waals surface area (Å²) in [5.74, 6) is -0.209. The molecule has 0 radical (unpaired) electrons. The molecule has 0 amide bonds. The van der Waals surface area contributed by atoms with Gasteiger partial charge in [0.2, 0.25) is 0 Å². The third-order valence-corrected chi connectivity index (χ3v) is 5.76. The molecule has 31 heavy (non-hydrogen) atoms. The number of rotatable bonds is 3. The van der Waals surface area contributed by atoms with Crippen molar-refractivity contribution >= 4 is 49.1 Å². The van der Waals surface area contributed by atoms with E-state index < -0.39 is 5.97 Å². The Bertz CT molecular complexity index is 1600. The van der Waals surface area contributed by atoms with E-state index in [2.05, 4.69) is 12.1 Å². The monoisotopic (exact) mass is 402 g/mol. The van der Waals surface area contributed by atoms with Gasteiger partial charge < -0.3 is 4.74 Å². The number of hydrogen-bond donors (Lipinski definition) is 0. The topological polar surface area (TPSA) is 73.9 Å². The number of ether oxygens (including phenoxy) is 1. The zero-order chi connectivity index (χ0) is 21.7. The van der Waals surface area contributed by atoms with E-state index in [0.717, 1.165) is 37.7 Å². The molecule has 0 saturated heterocycles. The van der Waals surface area contributed by atoms with Crippen LogP contribution >= 0.6 is 0 Å². The molecule has 4 heteroatoms. The lowest BCUT2D eigenvalue weighted by Crippen LogP contribution is -2.11. The van der Waals surface area contributed by atoms with Crippen LogP contribution in [0.3, 0.4) is 0 Å². The molecule has 0 saturated carbocycles. The number of carbonyl (C=O) groups is 1. The third kappa shape index (κ3) is 2.70. The lowest BCUT2D eigenvalue weighted by molar-refractivity contribution is 0.0461. The van der Waals surface area contributed by atoms with Crippen LogP contribution in [0.1, 0.15) is 35.3 Å². The molecule has 0 unspecified atom stereocenters. The molecule has 0 heterocycles. The number of carbonyl (C=O) groups excluding carboxylic acids is 1. The van der Waals surface area contributed by atoms with Gasteiger partial charge >= 0.3 is 5.97 Å². The fourth-order valence-corrected chi connectivity index (χ4v) is 4.48. The summed E-state index contributed by atoms with van der Waals surface area (Å²) in [4.78, 5) is 13.1. The SMILES string of the molecule is CC(C)COC(=O)c1ccc2ccc(C#N)c3c4cccc5ccc(C#N)c(c1c23)c54. The summed E-state index contributed by atoms with van der Waals surface area (Å²) in [5, 5.41) is 26.5. The highest BCUT2D eigenvalue weighted by molar-refractivity contribution is 6.37. The number of benzene rings is 5. The van der Waals surface area contributed by atoms with Crippen molar-refractivity contribution in [2.75, 3.05) is 6.61 Å². The highest BCUT2D eigenvalue weighted by Crippen LogP contribution is 2.44. The fourth-order valence-electron chi connectivity index (χ4n) is 4.48. The molecule has 5 aromatic rings. The molecule has 5 aromatic carbocycles. The number of nitrogens with zero attached hydrogens (tertiary/aromatic N) is 2. The Hall–Kier alpha value is -4.15. The first-order valence-electron chi connectivity index (χ1n) is 10.2. The van der Waals surface area contributed by atoms with E-state index in [9.17, 15) is 15.3 Å². The van der Waals surface area contributed by atoms with Gasteiger partial charge in [-0.2, -0.15) is 10.5 Å². The predicted octanol–water partition coefficient (Wildman–Crippen LogP) is 6.29. The van der Waals surface area contributed by atoms with Gasteiger partial charge in [0.05, 0.1) is 35.4 Å². The number of nitriles is 2. The Morgan fingerprint density at radius 1 is 0.806 bits per heavy atom. The Labute approximate surface area is 179 Å². The van der Waals surface area contributed by atoms with Crippen molar-refractivity contribution in [2.45, 2.75) is 13.8 Å². The lowest BCUT2D eigenvalue weighted by atomic mass is 9.84. The largest absolute Gasteiger partial charge is 0.462 e. The average molecular weight is 402 g/mol. The fraction of sp³-hybridized carbons (Fsp3) is 0.148. The predicted molar refractivity (Wildman–Crippen MR) is 122 cm³/mol. The van der Waals surface area contributed by atoms with Gasteiger partial charge in [-0.05, 0) is 51.0 Å². The minimum absolute atomic E-state index is 0.209. The zero-order valence-corrected chi connectivity index (χ0v) is 17.2. The maximum absolute atomic E-state index is 13.1. The van der Waals surface area contributed by atoms with Gasteiger partial charge in [-0.15, -0.1) is 0 Å². The molecule has 0 fully saturated rings. The summed E-state index contributed by atoms with van der Waals surface area (Å²) in [7, 11) is 0. The van der Waals surface area contributed by atoms with E-state index in [0.29, 0.717) is 28.7 Å². The average Bonchev–Trinajstić information content (AvgIpc) is 2.79. The maximum Gasteiger partial charge on any atom is 0.338 e. The summed E-state index contributed by atoms with van der Waals surface area (Å²) < 4.78 is 5.57. The summed E-state index contributed by atoms with van der Waals surface area (Å²) in [5.41, 5.74) is 1.46. The van der Waals surface area contributed by atoms with Crippen LogP contribution < -0.4 is 0 Å². The highest BCUT2D eigenvalue weighted by atomic mass is 16.5. The van der Waals surface area contributed by atoms with Gasteiger partial charge in [-0.3, -0.25) is 0 Å². The molecule has 0 aliphatic heterocycles. The minimum Gasteiger partial charge on any atom is -0.462 e. The quantitative estimate of drug-likeness (QED) is 0.202. The van der Waals surface area contributed by atoms with Crippen molar-refractivity contribution in [1.82, 2.24) is 0 Å². The third-order valence-electron chi connectivity index (χ3n) is 5.76. The van der Waals surface area contributed by atoms with E-state index in [1.54, 1.807) is 12.1 Å². The summed E-state index contributed by atoms with van der Waals surface area (Å²) in [6.07, 6.45) is 0. The van der Waals surface area contributed by atoms with E-state index in [4.69, 9.17) is 4.74 Å². The summed E-state index contributed by atoms with van der Waals surface area (Å²) >= 11 is 0. The highest BCUT2D eigenvalue weighted by Gasteiger charge is 2.23. The molecular weight excluding hydrogens is 384 g/mol. The van der Waals surface area contributed by atoms with Crippen molar-refractivity contribution in [1.29, 1.82) is 10.5 Å². The van der Waals surface area contributed by atoms with Gasteiger partial charge in [0.1, 0.15) is 0 Å². The molecule has 0 spiro atoms. The van der Waals surface area contributed by atoms with Crippen LogP contribution in [0, 0.1) is 28.6 Å². The van der Waals surface area contributed by atoms with Gasteiger partial charge in [0.15, 0.2) is 0 Å². The second-order valence-corrected chi connectivity index (χ2v) is 8.18. The van der Waals surface area contributed by atoms with Crippen molar-refractivity contribution in [3.63, 3.8) is 0 Å². The molecule has 148 valence electrons. The van der Waals surface area contributed by atoms with Crippen LogP contribution in [0.4, 0.5) is 0 Å². The molecule has 5 rings (SSSR count). The molecule has 4 nitrogen and oxygen atoms in total. The minimum atomic E-state index is -0.417. The number of esters is 1. The van der Waals surface area contributed by atoms with E-state index in [1.165, 1.54) is 0 Å². The summed E-state index contributed by atoms with van der Waals surface area (Å²) in [6.45, 7) is 4.28. The first-order chi connectivity index (χ1) is 15.0. The van der Waals surface area contributed by atoms with Crippen LogP contribution in [-0.4, -0.2) is 12.6 Å². The van der Waals surface area contributed by atoms with Gasteiger partial charge in [-0.25, -0.2) is 4.79 Å². The first-order valence-corrected chi connectivity index (χ1v) is 10.2. The Morgan fingerprint density at radius 2 is 1.45 bits per heavy atom. The van der Waals surface area contributed by atoms with Gasteiger partial charge in [-0.1, -0.05) is 50.2 Å². The second kappa shape index (κ2) is 6.97. The van der Waals surface area contributed by atoms with Gasteiger partial charge in [0.25, 0.3) is 0 Å². The van der Waals surface area contributed by atoms with E-state index in [-0.39, 0.29) is 5.92 Å². The summed E-state index contributed by atoms with van der Waals surface area (Å²) in [6, 6.07) is 21.6. The molecule has 0 bridgehead atoms. The van der Waals surface area contributed by atoms with Crippen LogP contribution in [0.2, 0.25) is 0 Å².